The summed E-state index contributed by atoms with van der Waals surface area (Å²) in [7, 11) is 0. The fourth-order valence-electron chi connectivity index (χ4n) is 3.27. The minimum absolute atomic E-state index is 0.0608. The van der Waals surface area contributed by atoms with Gasteiger partial charge in [0, 0.05) is 12.6 Å². The minimum atomic E-state index is -0.0608. The lowest BCUT2D eigenvalue weighted by Crippen LogP contribution is -2.46. The van der Waals surface area contributed by atoms with E-state index < -0.39 is 0 Å². The van der Waals surface area contributed by atoms with Gasteiger partial charge in [-0.2, -0.15) is 0 Å². The highest BCUT2D eigenvalue weighted by molar-refractivity contribution is 5.92. The molecule has 0 aliphatic carbocycles. The summed E-state index contributed by atoms with van der Waals surface area (Å²) in [5.41, 5.74) is 0.384. The molecule has 0 radical (unpaired) electrons. The van der Waals surface area contributed by atoms with Crippen LogP contribution < -0.4 is 0 Å². The Morgan fingerprint density at radius 1 is 1.55 bits per heavy atom. The Balaban J connectivity index is 1.58. The van der Waals surface area contributed by atoms with E-state index in [0.29, 0.717) is 31.2 Å². The Bertz CT molecular complexity index is 542. The molecule has 1 aromatic rings. The van der Waals surface area contributed by atoms with E-state index in [0.717, 1.165) is 19.3 Å². The van der Waals surface area contributed by atoms with Gasteiger partial charge in [0.2, 0.25) is 0 Å². The van der Waals surface area contributed by atoms with Crippen LogP contribution in [-0.4, -0.2) is 54.0 Å². The predicted molar refractivity (Wildman–Crippen MR) is 79.6 cm³/mol. The first-order chi connectivity index (χ1) is 10.7. The lowest BCUT2D eigenvalue weighted by atomic mass is 9.99. The Kier molecular flexibility index (Phi) is 4.59. The van der Waals surface area contributed by atoms with Gasteiger partial charge in [0.15, 0.2) is 5.69 Å². The molecule has 3 heterocycles. The average Bonchev–Trinajstić information content (AvgIpc) is 3.13. The molecule has 6 heteroatoms. The monoisotopic (exact) mass is 306 g/mol. The first-order valence-electron chi connectivity index (χ1n) is 7.77. The van der Waals surface area contributed by atoms with Gasteiger partial charge in [-0.25, -0.2) is 0 Å². The molecule has 1 aromatic heterocycles. The summed E-state index contributed by atoms with van der Waals surface area (Å²) in [4.78, 5) is 14.4. The molecule has 0 unspecified atom stereocenters. The number of hydrogen-bond acceptors (Lipinski definition) is 5. The third kappa shape index (κ3) is 3.08. The molecule has 3 rings (SSSR count). The van der Waals surface area contributed by atoms with Gasteiger partial charge >= 0.3 is 0 Å². The average molecular weight is 306 g/mol. The van der Waals surface area contributed by atoms with Gasteiger partial charge in [-0.3, -0.25) is 4.79 Å². The van der Waals surface area contributed by atoms with Crippen molar-refractivity contribution in [1.82, 2.24) is 10.1 Å². The molecule has 3 atom stereocenters. The van der Waals surface area contributed by atoms with Crippen molar-refractivity contribution < 1.29 is 18.8 Å². The molecule has 2 aliphatic rings. The zero-order valence-corrected chi connectivity index (χ0v) is 12.9. The molecule has 6 nitrogen and oxygen atoms in total. The number of aryl methyl sites for hydroxylation is 1. The van der Waals surface area contributed by atoms with Crippen LogP contribution in [0.5, 0.6) is 0 Å². The molecular formula is C16H22N2O4. The first kappa shape index (κ1) is 15.2. The molecule has 2 aliphatic heterocycles. The van der Waals surface area contributed by atoms with Gasteiger partial charge in [0.1, 0.15) is 5.76 Å². The lowest BCUT2D eigenvalue weighted by Gasteiger charge is -2.35. The number of fused-ring (bicyclic) bond motifs is 1. The topological polar surface area (TPSA) is 64.8 Å². The van der Waals surface area contributed by atoms with E-state index in [1.807, 2.05) is 4.90 Å². The van der Waals surface area contributed by atoms with Crippen LogP contribution in [-0.2, 0) is 9.47 Å². The zero-order chi connectivity index (χ0) is 15.5. The van der Waals surface area contributed by atoms with Crippen molar-refractivity contribution >= 4 is 5.91 Å². The molecule has 120 valence electrons. The van der Waals surface area contributed by atoms with E-state index in [2.05, 4.69) is 11.7 Å². The maximum Gasteiger partial charge on any atom is 0.276 e. The molecule has 0 spiro atoms. The van der Waals surface area contributed by atoms with E-state index in [1.54, 1.807) is 19.1 Å². The Morgan fingerprint density at radius 3 is 3.14 bits per heavy atom. The van der Waals surface area contributed by atoms with Crippen molar-refractivity contribution in [2.45, 2.75) is 44.4 Å². The smallest absolute Gasteiger partial charge is 0.276 e. The van der Waals surface area contributed by atoms with E-state index in [9.17, 15) is 4.79 Å². The molecule has 2 fully saturated rings. The summed E-state index contributed by atoms with van der Waals surface area (Å²) in [5.74, 6) is 0.590. The molecule has 0 bridgehead atoms. The summed E-state index contributed by atoms with van der Waals surface area (Å²) < 4.78 is 16.6. The van der Waals surface area contributed by atoms with Crippen LogP contribution in [0.2, 0.25) is 0 Å². The van der Waals surface area contributed by atoms with Crippen LogP contribution in [0.15, 0.2) is 23.2 Å². The van der Waals surface area contributed by atoms with Crippen LogP contribution in [0.4, 0.5) is 0 Å². The fourth-order valence-corrected chi connectivity index (χ4v) is 3.27. The third-order valence-electron chi connectivity index (χ3n) is 4.28. The second-order valence-electron chi connectivity index (χ2n) is 5.88. The standard InChI is InChI=1S/C16H22N2O4/c1-3-8-20-10-12-4-5-14-15(21-12)6-7-18(14)16(19)13-9-11(2)22-17-13/h3,9,12,14-15H,1,4-8,10H2,2H3/t12-,14-,15-/m0/s1. The Labute approximate surface area is 130 Å². The number of rotatable bonds is 5. The molecule has 0 saturated carbocycles. The van der Waals surface area contributed by atoms with Crippen LogP contribution in [0.25, 0.3) is 0 Å². The molecule has 0 N–H and O–H groups in total. The lowest BCUT2D eigenvalue weighted by molar-refractivity contribution is -0.0937. The van der Waals surface area contributed by atoms with Gasteiger partial charge in [0.05, 0.1) is 31.5 Å². The van der Waals surface area contributed by atoms with Crippen LogP contribution in [0.1, 0.15) is 35.5 Å². The van der Waals surface area contributed by atoms with Gasteiger partial charge in [-0.05, 0) is 26.2 Å². The first-order valence-corrected chi connectivity index (χ1v) is 7.77. The normalized spacial score (nSPS) is 27.7. The number of nitrogens with zero attached hydrogens (tertiary/aromatic N) is 2. The molecule has 1 amide bonds. The Hall–Kier alpha value is -1.66. The number of carbonyl (C=O) groups excluding carboxylic acids is 1. The number of hydrogen-bond donors (Lipinski definition) is 0. The molecule has 22 heavy (non-hydrogen) atoms. The van der Waals surface area contributed by atoms with Crippen molar-refractivity contribution in [1.29, 1.82) is 0 Å². The maximum absolute atomic E-state index is 12.5. The summed E-state index contributed by atoms with van der Waals surface area (Å²) in [6, 6.07) is 1.82. The molecule has 0 aromatic carbocycles. The number of amides is 1. The molecule has 2 saturated heterocycles. The number of ether oxygens (including phenoxy) is 2. The highest BCUT2D eigenvalue weighted by Crippen LogP contribution is 2.32. The van der Waals surface area contributed by atoms with E-state index in [-0.39, 0.29) is 24.2 Å². The summed E-state index contributed by atoms with van der Waals surface area (Å²) in [6.07, 6.45) is 4.66. The van der Waals surface area contributed by atoms with E-state index in [1.165, 1.54) is 0 Å². The quantitative estimate of drug-likeness (QED) is 0.614. The van der Waals surface area contributed by atoms with Crippen molar-refractivity contribution in [3.8, 4) is 0 Å². The number of likely N-dealkylation sites (tertiary alicyclic amines) is 1. The van der Waals surface area contributed by atoms with Crippen molar-refractivity contribution in [3.63, 3.8) is 0 Å². The van der Waals surface area contributed by atoms with Crippen LogP contribution in [0, 0.1) is 6.92 Å². The van der Waals surface area contributed by atoms with Crippen molar-refractivity contribution in [3.05, 3.63) is 30.2 Å². The van der Waals surface area contributed by atoms with Gasteiger partial charge in [-0.15, -0.1) is 6.58 Å². The van der Waals surface area contributed by atoms with Crippen LogP contribution >= 0.6 is 0 Å². The third-order valence-corrected chi connectivity index (χ3v) is 4.28. The summed E-state index contributed by atoms with van der Waals surface area (Å²) in [6.45, 7) is 7.26. The van der Waals surface area contributed by atoms with E-state index >= 15 is 0 Å². The van der Waals surface area contributed by atoms with Gasteiger partial charge in [0.25, 0.3) is 5.91 Å². The highest BCUT2D eigenvalue weighted by Gasteiger charge is 2.42. The van der Waals surface area contributed by atoms with Crippen molar-refractivity contribution in [2.24, 2.45) is 0 Å². The zero-order valence-electron chi connectivity index (χ0n) is 12.9. The maximum atomic E-state index is 12.5. The number of carbonyl (C=O) groups is 1. The second-order valence-corrected chi connectivity index (χ2v) is 5.88. The summed E-state index contributed by atoms with van der Waals surface area (Å²) in [5, 5.41) is 3.83. The number of aromatic nitrogens is 1. The Morgan fingerprint density at radius 2 is 2.41 bits per heavy atom. The van der Waals surface area contributed by atoms with Crippen LogP contribution in [0.3, 0.4) is 0 Å². The van der Waals surface area contributed by atoms with Gasteiger partial charge in [-0.1, -0.05) is 11.2 Å². The fraction of sp³-hybridized carbons (Fsp3) is 0.625. The molecular weight excluding hydrogens is 284 g/mol. The SMILES string of the molecule is C=CCOC[C@@H]1CC[C@H]2[C@H](CCN2C(=O)c2cc(C)on2)O1. The minimum Gasteiger partial charge on any atom is -0.375 e. The van der Waals surface area contributed by atoms with E-state index in [4.69, 9.17) is 14.0 Å². The second kappa shape index (κ2) is 6.62. The van der Waals surface area contributed by atoms with Gasteiger partial charge < -0.3 is 18.9 Å². The summed E-state index contributed by atoms with van der Waals surface area (Å²) >= 11 is 0. The largest absolute Gasteiger partial charge is 0.375 e. The van der Waals surface area contributed by atoms with Crippen molar-refractivity contribution in [2.75, 3.05) is 19.8 Å². The highest BCUT2D eigenvalue weighted by atomic mass is 16.5. The predicted octanol–water partition coefficient (Wildman–Crippen LogP) is 1.95.